The molecule has 0 aliphatic carbocycles. The fourth-order valence-electron chi connectivity index (χ4n) is 1.03. The molecule has 1 rings (SSSR count). The molecular weight excluding hydrogens is 128 g/mol. The van der Waals surface area contributed by atoms with E-state index in [-0.39, 0.29) is 5.92 Å². The average Bonchev–Trinajstić information content (AvgIpc) is 2.04. The first-order chi connectivity index (χ1) is 4.88. The van der Waals surface area contributed by atoms with Gasteiger partial charge in [-0.05, 0) is 12.8 Å². The molecule has 0 amide bonds. The smallest absolute Gasteiger partial charge is 0.146 e. The number of hydrogen-bond acceptors (Lipinski definition) is 3. The second-order valence-electron chi connectivity index (χ2n) is 2.27. The molecule has 3 heteroatoms. The van der Waals surface area contributed by atoms with E-state index in [0.29, 0.717) is 5.70 Å². The summed E-state index contributed by atoms with van der Waals surface area (Å²) in [6, 6.07) is 2.04. The minimum atomic E-state index is -0.244. The van der Waals surface area contributed by atoms with Crippen LogP contribution in [0.15, 0.2) is 5.70 Å². The number of allylic oxidation sites excluding steroid dienone is 1. The lowest BCUT2D eigenvalue weighted by Crippen LogP contribution is -2.27. The Balaban J connectivity index is 2.71. The van der Waals surface area contributed by atoms with Gasteiger partial charge in [0.15, 0.2) is 0 Å². The van der Waals surface area contributed by atoms with Gasteiger partial charge in [0, 0.05) is 6.54 Å². The Morgan fingerprint density at radius 2 is 2.50 bits per heavy atom. The molecule has 1 N–H and O–H groups in total. The van der Waals surface area contributed by atoms with Gasteiger partial charge in [0.25, 0.3) is 0 Å². The van der Waals surface area contributed by atoms with E-state index in [4.69, 9.17) is 5.26 Å². The van der Waals surface area contributed by atoms with Crippen molar-refractivity contribution in [3.05, 3.63) is 5.70 Å². The number of nitrogens with zero attached hydrogens (tertiary/aromatic N) is 1. The Bertz CT molecular complexity index is 210. The Kier molecular flexibility index (Phi) is 2.09. The van der Waals surface area contributed by atoms with Crippen LogP contribution in [0, 0.1) is 17.2 Å². The van der Waals surface area contributed by atoms with Crippen LogP contribution in [0.1, 0.15) is 12.8 Å². The van der Waals surface area contributed by atoms with Crippen molar-refractivity contribution in [1.82, 2.24) is 5.32 Å². The highest BCUT2D eigenvalue weighted by Crippen LogP contribution is 2.15. The third-order valence-corrected chi connectivity index (χ3v) is 1.60. The second kappa shape index (κ2) is 3.05. The van der Waals surface area contributed by atoms with Gasteiger partial charge in [-0.1, -0.05) is 0 Å². The first-order valence-corrected chi connectivity index (χ1v) is 3.27. The van der Waals surface area contributed by atoms with Gasteiger partial charge >= 0.3 is 0 Å². The van der Waals surface area contributed by atoms with E-state index in [0.717, 1.165) is 19.4 Å². The second-order valence-corrected chi connectivity index (χ2v) is 2.27. The number of carbonyl (C=O) groups excluding carboxylic acids is 1. The van der Waals surface area contributed by atoms with Crippen molar-refractivity contribution < 1.29 is 4.79 Å². The van der Waals surface area contributed by atoms with Gasteiger partial charge in [0.1, 0.15) is 11.6 Å². The SMILES string of the molecule is N#CC1CCCNC1=C=O. The van der Waals surface area contributed by atoms with Crippen molar-refractivity contribution >= 4 is 5.94 Å². The molecule has 1 aliphatic heterocycles. The topological polar surface area (TPSA) is 52.9 Å². The van der Waals surface area contributed by atoms with Crippen LogP contribution in [-0.4, -0.2) is 12.5 Å². The molecule has 1 fully saturated rings. The molecule has 0 aromatic heterocycles. The van der Waals surface area contributed by atoms with Gasteiger partial charge in [-0.2, -0.15) is 5.26 Å². The number of nitriles is 1. The van der Waals surface area contributed by atoms with Crippen LogP contribution in [0.4, 0.5) is 0 Å². The fraction of sp³-hybridized carbons (Fsp3) is 0.571. The van der Waals surface area contributed by atoms with Crippen LogP contribution in [-0.2, 0) is 4.79 Å². The van der Waals surface area contributed by atoms with Gasteiger partial charge in [0.05, 0.1) is 12.0 Å². The summed E-state index contributed by atoms with van der Waals surface area (Å²) in [7, 11) is 0. The van der Waals surface area contributed by atoms with Gasteiger partial charge in [-0.25, -0.2) is 4.79 Å². The molecule has 1 unspecified atom stereocenters. The molecule has 0 radical (unpaired) electrons. The van der Waals surface area contributed by atoms with Crippen molar-refractivity contribution in [1.29, 1.82) is 5.26 Å². The van der Waals surface area contributed by atoms with E-state index >= 15 is 0 Å². The molecule has 1 aliphatic rings. The molecule has 1 atom stereocenters. The summed E-state index contributed by atoms with van der Waals surface area (Å²) in [6.07, 6.45) is 1.75. The maximum absolute atomic E-state index is 10.2. The summed E-state index contributed by atoms with van der Waals surface area (Å²) in [4.78, 5) is 10.2. The Hall–Kier alpha value is -1.26. The van der Waals surface area contributed by atoms with Crippen molar-refractivity contribution in [2.75, 3.05) is 6.54 Å². The van der Waals surface area contributed by atoms with Crippen LogP contribution in [0.3, 0.4) is 0 Å². The van der Waals surface area contributed by atoms with Crippen molar-refractivity contribution in [3.8, 4) is 6.07 Å². The van der Waals surface area contributed by atoms with Crippen LogP contribution < -0.4 is 5.32 Å². The molecule has 0 aromatic rings. The fourth-order valence-corrected chi connectivity index (χ4v) is 1.03. The maximum atomic E-state index is 10.2. The number of nitrogens with one attached hydrogen (secondary N) is 1. The molecule has 3 nitrogen and oxygen atoms in total. The van der Waals surface area contributed by atoms with Crippen LogP contribution in [0.25, 0.3) is 0 Å². The Morgan fingerprint density at radius 1 is 1.70 bits per heavy atom. The zero-order valence-corrected chi connectivity index (χ0v) is 5.55. The van der Waals surface area contributed by atoms with Crippen LogP contribution >= 0.6 is 0 Å². The average molecular weight is 136 g/mol. The summed E-state index contributed by atoms with van der Waals surface area (Å²) in [5.41, 5.74) is 0.425. The van der Waals surface area contributed by atoms with Gasteiger partial charge in [-0.3, -0.25) is 0 Å². The minimum absolute atomic E-state index is 0.244. The van der Waals surface area contributed by atoms with Crippen molar-refractivity contribution in [2.24, 2.45) is 5.92 Å². The zero-order chi connectivity index (χ0) is 7.40. The largest absolute Gasteiger partial charge is 0.378 e. The van der Waals surface area contributed by atoms with E-state index in [1.54, 1.807) is 5.94 Å². The van der Waals surface area contributed by atoms with E-state index in [2.05, 4.69) is 5.32 Å². The van der Waals surface area contributed by atoms with E-state index < -0.39 is 0 Å². The highest BCUT2D eigenvalue weighted by molar-refractivity contribution is 5.54. The standard InChI is InChI=1S/C7H8N2O/c8-4-6-2-1-3-9-7(6)5-10/h6,9H,1-3H2. The monoisotopic (exact) mass is 136 g/mol. The maximum Gasteiger partial charge on any atom is 0.146 e. The van der Waals surface area contributed by atoms with E-state index in [1.807, 2.05) is 6.07 Å². The summed E-state index contributed by atoms with van der Waals surface area (Å²) in [5, 5.41) is 11.3. The van der Waals surface area contributed by atoms with Crippen LogP contribution in [0.2, 0.25) is 0 Å². The molecule has 0 bridgehead atoms. The molecular formula is C7H8N2O. The molecule has 10 heavy (non-hydrogen) atoms. The molecule has 52 valence electrons. The molecule has 0 saturated carbocycles. The van der Waals surface area contributed by atoms with E-state index in [1.165, 1.54) is 0 Å². The summed E-state index contributed by atoms with van der Waals surface area (Å²) in [6.45, 7) is 0.794. The predicted molar refractivity (Wildman–Crippen MR) is 35.5 cm³/mol. The quantitative estimate of drug-likeness (QED) is 0.485. The highest BCUT2D eigenvalue weighted by atomic mass is 16.1. The van der Waals surface area contributed by atoms with Gasteiger partial charge in [-0.15, -0.1) is 0 Å². The van der Waals surface area contributed by atoms with Gasteiger partial charge in [0.2, 0.25) is 0 Å². The lowest BCUT2D eigenvalue weighted by atomic mass is 9.98. The third kappa shape index (κ3) is 1.18. The lowest BCUT2D eigenvalue weighted by Gasteiger charge is -2.17. The number of rotatable bonds is 0. The van der Waals surface area contributed by atoms with Gasteiger partial charge < -0.3 is 5.32 Å². The molecule has 0 aromatic carbocycles. The normalized spacial score (nSPS) is 24.3. The molecule has 1 saturated heterocycles. The number of hydrogen-bond donors (Lipinski definition) is 1. The Labute approximate surface area is 59.3 Å². The Morgan fingerprint density at radius 3 is 3.00 bits per heavy atom. The lowest BCUT2D eigenvalue weighted by molar-refractivity contribution is 0.506. The molecule has 1 heterocycles. The zero-order valence-electron chi connectivity index (χ0n) is 5.55. The predicted octanol–water partition coefficient (Wildman–Crippen LogP) is 0.225. The van der Waals surface area contributed by atoms with E-state index in [9.17, 15) is 4.79 Å². The number of piperidine rings is 1. The first kappa shape index (κ1) is 6.85. The first-order valence-electron chi connectivity index (χ1n) is 3.27. The van der Waals surface area contributed by atoms with Crippen molar-refractivity contribution in [2.45, 2.75) is 12.8 Å². The summed E-state index contributed by atoms with van der Waals surface area (Å²) >= 11 is 0. The summed E-state index contributed by atoms with van der Waals surface area (Å²) in [5.74, 6) is 1.49. The third-order valence-electron chi connectivity index (χ3n) is 1.60. The van der Waals surface area contributed by atoms with Crippen molar-refractivity contribution in [3.63, 3.8) is 0 Å². The molecule has 0 spiro atoms. The highest BCUT2D eigenvalue weighted by Gasteiger charge is 2.18. The minimum Gasteiger partial charge on any atom is -0.378 e. The van der Waals surface area contributed by atoms with Crippen LogP contribution in [0.5, 0.6) is 0 Å². The summed E-state index contributed by atoms with van der Waals surface area (Å²) < 4.78 is 0.